The van der Waals surface area contributed by atoms with Crippen LogP contribution in [0.25, 0.3) is 6.08 Å². The van der Waals surface area contributed by atoms with Crippen LogP contribution in [0.4, 0.5) is 0 Å². The van der Waals surface area contributed by atoms with E-state index >= 15 is 0 Å². The summed E-state index contributed by atoms with van der Waals surface area (Å²) in [6, 6.07) is 1.55. The Balaban J connectivity index is 3.22. The number of hydrogen-bond acceptors (Lipinski definition) is 2. The third kappa shape index (κ3) is 1.50. The Kier molecular flexibility index (Phi) is 2.24. The maximum Gasteiger partial charge on any atom is 0.337 e. The second-order valence-corrected chi connectivity index (χ2v) is 2.41. The lowest BCUT2D eigenvalue weighted by molar-refractivity contribution is 0.0696. The van der Waals surface area contributed by atoms with Crippen LogP contribution in [-0.4, -0.2) is 16.1 Å². The van der Waals surface area contributed by atoms with Crippen molar-refractivity contribution >= 4 is 12.0 Å². The predicted molar refractivity (Wildman–Crippen MR) is 46.0 cm³/mol. The van der Waals surface area contributed by atoms with Crippen molar-refractivity contribution in [2.45, 2.75) is 6.92 Å². The predicted octanol–water partition coefficient (Wildman–Crippen LogP) is 1.73. The van der Waals surface area contributed by atoms with Gasteiger partial charge in [-0.1, -0.05) is 12.7 Å². The first-order chi connectivity index (χ1) is 5.65. The zero-order chi connectivity index (χ0) is 9.14. The van der Waals surface area contributed by atoms with Crippen molar-refractivity contribution in [1.29, 1.82) is 0 Å². The van der Waals surface area contributed by atoms with Crippen LogP contribution >= 0.6 is 0 Å². The van der Waals surface area contributed by atoms with Crippen LogP contribution in [0.3, 0.4) is 0 Å². The molecule has 1 N–H and O–H groups in total. The molecule has 0 saturated heterocycles. The van der Waals surface area contributed by atoms with Gasteiger partial charge in [0.15, 0.2) is 0 Å². The molecule has 0 saturated carbocycles. The third-order valence-electron chi connectivity index (χ3n) is 1.59. The highest BCUT2D eigenvalue weighted by Crippen LogP contribution is 2.08. The van der Waals surface area contributed by atoms with Gasteiger partial charge in [0.2, 0.25) is 0 Å². The van der Waals surface area contributed by atoms with E-state index in [1.807, 2.05) is 6.92 Å². The average molecular weight is 163 g/mol. The number of aryl methyl sites for hydroxylation is 1. The van der Waals surface area contributed by atoms with Crippen LogP contribution in [0.2, 0.25) is 0 Å². The highest BCUT2D eigenvalue weighted by molar-refractivity contribution is 5.88. The topological polar surface area (TPSA) is 50.2 Å². The Morgan fingerprint density at radius 2 is 2.42 bits per heavy atom. The van der Waals surface area contributed by atoms with Crippen LogP contribution < -0.4 is 0 Å². The van der Waals surface area contributed by atoms with Gasteiger partial charge in [0.05, 0.1) is 5.56 Å². The smallest absolute Gasteiger partial charge is 0.337 e. The maximum atomic E-state index is 10.5. The summed E-state index contributed by atoms with van der Waals surface area (Å²) in [4.78, 5) is 14.4. The molecule has 1 aromatic heterocycles. The van der Waals surface area contributed by atoms with Crippen LogP contribution in [0.5, 0.6) is 0 Å². The van der Waals surface area contributed by atoms with E-state index in [-0.39, 0.29) is 5.56 Å². The Hall–Kier alpha value is -1.64. The number of carboxylic acid groups (broad SMARTS) is 1. The molecule has 1 heterocycles. The molecule has 0 aliphatic heterocycles. The molecule has 62 valence electrons. The molecular formula is C9H9NO2. The normalized spacial score (nSPS) is 9.42. The van der Waals surface area contributed by atoms with E-state index < -0.39 is 5.97 Å². The molecule has 0 aromatic carbocycles. The minimum atomic E-state index is -0.967. The molecule has 0 aliphatic rings. The standard InChI is InChI=1S/C9H9NO2/c1-3-7-4-8(9(11)12)5-10-6(7)2/h3-5H,1H2,2H3,(H,11,12). The first-order valence-corrected chi connectivity index (χ1v) is 3.47. The van der Waals surface area contributed by atoms with Crippen LogP contribution in [-0.2, 0) is 0 Å². The summed E-state index contributed by atoms with van der Waals surface area (Å²) in [5, 5.41) is 8.62. The molecule has 0 bridgehead atoms. The largest absolute Gasteiger partial charge is 0.478 e. The van der Waals surface area contributed by atoms with Gasteiger partial charge in [-0.05, 0) is 18.6 Å². The van der Waals surface area contributed by atoms with Crippen LogP contribution in [0.15, 0.2) is 18.8 Å². The van der Waals surface area contributed by atoms with Crippen molar-refractivity contribution < 1.29 is 9.90 Å². The number of carbonyl (C=O) groups is 1. The molecule has 0 radical (unpaired) electrons. The number of aromatic carboxylic acids is 1. The molecule has 0 fully saturated rings. The summed E-state index contributed by atoms with van der Waals surface area (Å²) in [6.45, 7) is 5.37. The zero-order valence-electron chi connectivity index (χ0n) is 6.74. The molecule has 1 aromatic rings. The van der Waals surface area contributed by atoms with Crippen molar-refractivity contribution in [2.24, 2.45) is 0 Å². The maximum absolute atomic E-state index is 10.5. The van der Waals surface area contributed by atoms with Gasteiger partial charge in [-0.3, -0.25) is 4.98 Å². The van der Waals surface area contributed by atoms with Gasteiger partial charge in [0.1, 0.15) is 0 Å². The van der Waals surface area contributed by atoms with Gasteiger partial charge >= 0.3 is 5.97 Å². The molecule has 3 heteroatoms. The summed E-state index contributed by atoms with van der Waals surface area (Å²) in [6.07, 6.45) is 2.93. The number of hydrogen-bond donors (Lipinski definition) is 1. The van der Waals surface area contributed by atoms with Crippen molar-refractivity contribution in [1.82, 2.24) is 4.98 Å². The summed E-state index contributed by atoms with van der Waals surface area (Å²) < 4.78 is 0. The van der Waals surface area contributed by atoms with E-state index in [1.165, 1.54) is 6.20 Å². The van der Waals surface area contributed by atoms with E-state index in [2.05, 4.69) is 11.6 Å². The van der Waals surface area contributed by atoms with Crippen LogP contribution in [0.1, 0.15) is 21.6 Å². The first kappa shape index (κ1) is 8.46. The Morgan fingerprint density at radius 3 is 2.92 bits per heavy atom. The zero-order valence-corrected chi connectivity index (χ0v) is 6.74. The molecule has 0 unspecified atom stereocenters. The van der Waals surface area contributed by atoms with Crippen molar-refractivity contribution in [2.75, 3.05) is 0 Å². The highest BCUT2D eigenvalue weighted by atomic mass is 16.4. The van der Waals surface area contributed by atoms with E-state index in [4.69, 9.17) is 5.11 Å². The Morgan fingerprint density at radius 1 is 1.75 bits per heavy atom. The van der Waals surface area contributed by atoms with Gasteiger partial charge in [-0.2, -0.15) is 0 Å². The van der Waals surface area contributed by atoms with E-state index in [0.29, 0.717) is 0 Å². The second kappa shape index (κ2) is 3.17. The number of aromatic nitrogens is 1. The molecule has 0 amide bonds. The molecule has 0 aliphatic carbocycles. The summed E-state index contributed by atoms with van der Waals surface area (Å²) >= 11 is 0. The SMILES string of the molecule is C=Cc1cc(C(=O)O)cnc1C. The summed E-state index contributed by atoms with van der Waals surface area (Å²) in [7, 11) is 0. The number of rotatable bonds is 2. The quantitative estimate of drug-likeness (QED) is 0.722. The Labute approximate surface area is 70.4 Å². The molecule has 1 rings (SSSR count). The summed E-state index contributed by atoms with van der Waals surface area (Å²) in [5.41, 5.74) is 1.74. The lowest BCUT2D eigenvalue weighted by Crippen LogP contribution is -1.99. The fourth-order valence-electron chi connectivity index (χ4n) is 0.874. The van der Waals surface area contributed by atoms with Gasteiger partial charge in [0, 0.05) is 11.9 Å². The molecule has 0 atom stereocenters. The molecule has 3 nitrogen and oxygen atoms in total. The van der Waals surface area contributed by atoms with Crippen LogP contribution in [0, 0.1) is 6.92 Å². The molecular weight excluding hydrogens is 154 g/mol. The minimum absolute atomic E-state index is 0.190. The van der Waals surface area contributed by atoms with E-state index in [0.717, 1.165) is 11.3 Å². The average Bonchev–Trinajstić information content (AvgIpc) is 2.05. The third-order valence-corrected chi connectivity index (χ3v) is 1.59. The summed E-state index contributed by atoms with van der Waals surface area (Å²) in [5.74, 6) is -0.967. The lowest BCUT2D eigenvalue weighted by atomic mass is 10.1. The van der Waals surface area contributed by atoms with Gasteiger partial charge in [0.25, 0.3) is 0 Å². The van der Waals surface area contributed by atoms with E-state index in [1.54, 1.807) is 12.1 Å². The highest BCUT2D eigenvalue weighted by Gasteiger charge is 2.04. The molecule has 12 heavy (non-hydrogen) atoms. The van der Waals surface area contributed by atoms with Gasteiger partial charge in [-0.15, -0.1) is 0 Å². The fourth-order valence-corrected chi connectivity index (χ4v) is 0.874. The Bertz CT molecular complexity index is 331. The monoisotopic (exact) mass is 163 g/mol. The number of nitrogens with zero attached hydrogens (tertiary/aromatic N) is 1. The minimum Gasteiger partial charge on any atom is -0.478 e. The molecule has 0 spiro atoms. The van der Waals surface area contributed by atoms with Gasteiger partial charge in [-0.25, -0.2) is 4.79 Å². The lowest BCUT2D eigenvalue weighted by Gasteiger charge is -1.99. The number of pyridine rings is 1. The van der Waals surface area contributed by atoms with Gasteiger partial charge < -0.3 is 5.11 Å². The van der Waals surface area contributed by atoms with E-state index in [9.17, 15) is 4.79 Å². The van der Waals surface area contributed by atoms with Crippen molar-refractivity contribution in [3.05, 3.63) is 35.7 Å². The van der Waals surface area contributed by atoms with Crippen molar-refractivity contribution in [3.63, 3.8) is 0 Å². The van der Waals surface area contributed by atoms with Crippen molar-refractivity contribution in [3.8, 4) is 0 Å². The number of carboxylic acids is 1. The first-order valence-electron chi connectivity index (χ1n) is 3.47. The second-order valence-electron chi connectivity index (χ2n) is 2.41. The fraction of sp³-hybridized carbons (Fsp3) is 0.111.